The minimum Gasteiger partial charge on any atom is -0.308 e. The van der Waals surface area contributed by atoms with Gasteiger partial charge in [-0.1, -0.05) is 6.08 Å². The molecule has 5 nitrogen and oxygen atoms in total. The summed E-state index contributed by atoms with van der Waals surface area (Å²) in [5, 5.41) is 12.9. The number of allylic oxidation sites excluding steroid dienone is 5. The van der Waals surface area contributed by atoms with Gasteiger partial charge in [-0.05, 0) is 60.5 Å². The number of nitrogens with zero attached hydrogens (tertiary/aromatic N) is 5. The zero-order chi connectivity index (χ0) is 22.5. The van der Waals surface area contributed by atoms with Gasteiger partial charge in [-0.3, -0.25) is 0 Å². The Labute approximate surface area is 176 Å². The lowest BCUT2D eigenvalue weighted by molar-refractivity contribution is 0.583. The highest BCUT2D eigenvalue weighted by atomic mass is 19.1. The molecule has 0 unspecified atom stereocenters. The Balaban J connectivity index is 2.37. The average Bonchev–Trinajstić information content (AvgIpc) is 2.69. The number of halogens is 3. The number of aryl methyl sites for hydroxylation is 1. The molecule has 3 rings (SSSR count). The average molecular weight is 415 g/mol. The normalized spacial score (nSPS) is 15.5. The second-order valence-electron chi connectivity index (χ2n) is 6.43. The van der Waals surface area contributed by atoms with Gasteiger partial charge in [0.05, 0.1) is 29.1 Å². The molecule has 1 aliphatic rings. The van der Waals surface area contributed by atoms with Gasteiger partial charge < -0.3 is 4.90 Å². The zero-order valence-electron chi connectivity index (χ0n) is 16.1. The Morgan fingerprint density at radius 2 is 1.58 bits per heavy atom. The van der Waals surface area contributed by atoms with Crippen molar-refractivity contribution in [2.24, 2.45) is 5.10 Å². The maximum atomic E-state index is 14.2. The highest BCUT2D eigenvalue weighted by Gasteiger charge is 2.25. The van der Waals surface area contributed by atoms with Crippen LogP contribution in [0.15, 0.2) is 76.7 Å². The van der Waals surface area contributed by atoms with Gasteiger partial charge in [-0.25, -0.2) is 23.3 Å². The molecule has 31 heavy (non-hydrogen) atoms. The summed E-state index contributed by atoms with van der Waals surface area (Å²) in [5.41, 5.74) is 0.988. The molecule has 2 aromatic carbocycles. The molecule has 0 saturated heterocycles. The molecule has 0 bridgehead atoms. The van der Waals surface area contributed by atoms with Crippen LogP contribution < -0.4 is 4.90 Å². The van der Waals surface area contributed by atoms with Gasteiger partial charge in [-0.2, -0.15) is 6.57 Å². The van der Waals surface area contributed by atoms with Gasteiger partial charge in [0, 0.05) is 11.8 Å². The van der Waals surface area contributed by atoms with E-state index in [9.17, 15) is 18.4 Å². The molecule has 2 aromatic rings. The number of benzene rings is 2. The van der Waals surface area contributed by atoms with E-state index in [0.717, 1.165) is 18.2 Å². The minimum absolute atomic E-state index is 0.00222. The number of hydrogen-bond donors (Lipinski definition) is 0. The van der Waals surface area contributed by atoms with Crippen molar-refractivity contribution >= 4 is 17.1 Å². The van der Waals surface area contributed by atoms with Crippen molar-refractivity contribution in [1.82, 2.24) is 0 Å². The molecule has 0 amide bonds. The maximum Gasteiger partial charge on any atom is 0.269 e. The Hall–Kier alpha value is -4.61. The third-order valence-electron chi connectivity index (χ3n) is 4.26. The summed E-state index contributed by atoms with van der Waals surface area (Å²) in [5.74, 6) is -2.31. The zero-order valence-corrected chi connectivity index (χ0v) is 16.1. The number of hydrogen-bond acceptors (Lipinski definition) is 3. The number of rotatable bonds is 3. The monoisotopic (exact) mass is 415 g/mol. The predicted octanol–water partition coefficient (Wildman–Crippen LogP) is 5.98. The molecule has 0 N–H and O–H groups in total. The second-order valence-corrected chi connectivity index (χ2v) is 6.43. The molecule has 150 valence electrons. The first-order chi connectivity index (χ1) is 14.9. The van der Waals surface area contributed by atoms with E-state index in [2.05, 4.69) is 14.9 Å². The molecule has 0 atom stereocenters. The standard InChI is InChI=1S/C23H12F3N5/c1-14-6-16(24)10-19(7-14)31(20-11-17(25)9-18(26)12-20)23-8-15(22(13-27)28-2)4-5-21(23)30-29-3/h4-12H,1H3/b22-15+,30-21+. The number of anilines is 2. The molecule has 0 fully saturated rings. The van der Waals surface area contributed by atoms with Crippen LogP contribution in [0.2, 0.25) is 0 Å². The first-order valence-electron chi connectivity index (χ1n) is 8.76. The second kappa shape index (κ2) is 8.82. The van der Waals surface area contributed by atoms with E-state index < -0.39 is 17.5 Å². The molecule has 0 aliphatic heterocycles. The van der Waals surface area contributed by atoms with Gasteiger partial charge in [-0.15, -0.1) is 4.95 Å². The number of nitriles is 1. The van der Waals surface area contributed by atoms with E-state index in [4.69, 9.17) is 13.1 Å². The quantitative estimate of drug-likeness (QED) is 0.352. The minimum atomic E-state index is -0.863. The highest BCUT2D eigenvalue weighted by Crippen LogP contribution is 2.35. The van der Waals surface area contributed by atoms with Crippen molar-refractivity contribution in [3.63, 3.8) is 0 Å². The smallest absolute Gasteiger partial charge is 0.269 e. The fourth-order valence-electron chi connectivity index (χ4n) is 3.08. The topological polar surface area (TPSA) is 48.1 Å². The maximum absolute atomic E-state index is 14.2. The lowest BCUT2D eigenvalue weighted by atomic mass is 10.0. The summed E-state index contributed by atoms with van der Waals surface area (Å²) >= 11 is 0. The van der Waals surface area contributed by atoms with Crippen molar-refractivity contribution in [3.8, 4) is 6.07 Å². The molecule has 8 heteroatoms. The van der Waals surface area contributed by atoms with Crippen molar-refractivity contribution in [3.05, 3.63) is 118 Å². The van der Waals surface area contributed by atoms with Gasteiger partial charge in [0.15, 0.2) is 5.71 Å². The summed E-state index contributed by atoms with van der Waals surface area (Å²) < 4.78 is 42.3. The molecule has 1 aliphatic carbocycles. The van der Waals surface area contributed by atoms with Gasteiger partial charge in [0.25, 0.3) is 5.70 Å². The van der Waals surface area contributed by atoms with E-state index >= 15 is 0 Å². The van der Waals surface area contributed by atoms with Gasteiger partial charge in [0.2, 0.25) is 0 Å². The van der Waals surface area contributed by atoms with Crippen LogP contribution in [0.3, 0.4) is 0 Å². The van der Waals surface area contributed by atoms with Crippen LogP contribution in [0.25, 0.3) is 9.80 Å². The molecule has 0 radical (unpaired) electrons. The molecule has 0 saturated carbocycles. The van der Waals surface area contributed by atoms with E-state index in [1.54, 1.807) is 19.1 Å². The summed E-state index contributed by atoms with van der Waals surface area (Å²) in [4.78, 5) is 7.50. The fraction of sp³-hybridized carbons (Fsp3) is 0.0435. The molecule has 0 spiro atoms. The van der Waals surface area contributed by atoms with E-state index in [1.165, 1.54) is 29.2 Å². The van der Waals surface area contributed by atoms with Crippen molar-refractivity contribution in [2.45, 2.75) is 6.92 Å². The lowest BCUT2D eigenvalue weighted by Gasteiger charge is -2.29. The van der Waals surface area contributed by atoms with E-state index in [-0.39, 0.29) is 34.1 Å². The van der Waals surface area contributed by atoms with Crippen LogP contribution in [-0.4, -0.2) is 5.71 Å². The third kappa shape index (κ3) is 4.53. The SMILES string of the molecule is [C-]#[N+]/N=C1C=C/C(=C(/C#N)[N+]#[C-])C=C\1N(c1cc(C)cc(F)c1)c1cc(F)cc(F)c1. The summed E-state index contributed by atoms with van der Waals surface area (Å²) in [7, 11) is 0. The van der Waals surface area contributed by atoms with Crippen LogP contribution in [0.5, 0.6) is 0 Å². The highest BCUT2D eigenvalue weighted by molar-refractivity contribution is 6.14. The largest absolute Gasteiger partial charge is 0.308 e. The molecule has 0 aromatic heterocycles. The Kier molecular flexibility index (Phi) is 6.00. The summed E-state index contributed by atoms with van der Waals surface area (Å²) in [6, 6.07) is 8.59. The molecule has 0 heterocycles. The van der Waals surface area contributed by atoms with Crippen LogP contribution in [0, 0.1) is 48.9 Å². The van der Waals surface area contributed by atoms with Crippen LogP contribution >= 0.6 is 0 Å². The predicted molar refractivity (Wildman–Crippen MR) is 110 cm³/mol. The van der Waals surface area contributed by atoms with Gasteiger partial charge in [0.1, 0.15) is 17.5 Å². The van der Waals surface area contributed by atoms with Crippen molar-refractivity contribution in [1.29, 1.82) is 5.26 Å². The van der Waals surface area contributed by atoms with Crippen molar-refractivity contribution in [2.75, 3.05) is 4.90 Å². The van der Waals surface area contributed by atoms with E-state index in [1.807, 2.05) is 0 Å². The third-order valence-corrected chi connectivity index (χ3v) is 4.26. The first-order valence-corrected chi connectivity index (χ1v) is 8.76. The Morgan fingerprint density at radius 3 is 2.13 bits per heavy atom. The van der Waals surface area contributed by atoms with Crippen molar-refractivity contribution < 1.29 is 13.2 Å². The van der Waals surface area contributed by atoms with Gasteiger partial charge >= 0.3 is 0 Å². The van der Waals surface area contributed by atoms with Crippen LogP contribution in [-0.2, 0) is 0 Å². The van der Waals surface area contributed by atoms with Crippen LogP contribution in [0.4, 0.5) is 24.5 Å². The first kappa shape index (κ1) is 21.1. The Morgan fingerprint density at radius 1 is 0.968 bits per heavy atom. The lowest BCUT2D eigenvalue weighted by Crippen LogP contribution is -2.24. The fourth-order valence-corrected chi connectivity index (χ4v) is 3.08. The summed E-state index contributed by atoms with van der Waals surface area (Å²) in [6.45, 7) is 15.9. The Bertz CT molecular complexity index is 1210. The van der Waals surface area contributed by atoms with Crippen LogP contribution in [0.1, 0.15) is 5.56 Å². The molecular weight excluding hydrogens is 403 g/mol. The summed E-state index contributed by atoms with van der Waals surface area (Å²) in [6.07, 6.45) is 4.23. The van der Waals surface area contributed by atoms with E-state index in [0.29, 0.717) is 11.6 Å². The molecular formula is C23H12F3N5.